The molecule has 0 radical (unpaired) electrons. The van der Waals surface area contributed by atoms with Crippen LogP contribution in [0.3, 0.4) is 0 Å². The molecule has 0 saturated carbocycles. The fourth-order valence-electron chi connectivity index (χ4n) is 0. The van der Waals surface area contributed by atoms with Crippen LogP contribution in [0.1, 0.15) is 0 Å². The summed E-state index contributed by atoms with van der Waals surface area (Å²) in [5.41, 5.74) is 0. The van der Waals surface area contributed by atoms with Crippen molar-refractivity contribution in [3.63, 3.8) is 0 Å². The molecule has 0 atom stereocenters. The fourth-order valence-corrected chi connectivity index (χ4v) is 0. The van der Waals surface area contributed by atoms with E-state index in [1.54, 1.807) is 0 Å². The van der Waals surface area contributed by atoms with E-state index in [0.29, 0.717) is 0 Å². The summed E-state index contributed by atoms with van der Waals surface area (Å²) in [7, 11) is -6.00. The summed E-state index contributed by atoms with van der Waals surface area (Å²) >= 11 is 0. The molecule has 0 bridgehead atoms. The molecule has 0 aliphatic rings. The molecule has 0 aromatic rings. The largest absolute Gasteiger partial charge is 0.673 e. The van der Waals surface area contributed by atoms with Crippen LogP contribution in [0.5, 0.6) is 0 Å². The summed E-state index contributed by atoms with van der Waals surface area (Å²) in [5.74, 6) is 0. The molecule has 34 valence electrons. The van der Waals surface area contributed by atoms with E-state index in [1.807, 2.05) is 0 Å². The molecule has 0 amide bonds. The zero-order valence-corrected chi connectivity index (χ0v) is 8.29. The Bertz CT molecular complexity index is 23.0. The van der Waals surface area contributed by atoms with Crippen molar-refractivity contribution in [3.8, 4) is 0 Å². The summed E-state index contributed by atoms with van der Waals surface area (Å²) in [6.45, 7) is 0. The molecule has 6 heavy (non-hydrogen) atoms. The molecule has 0 fully saturated rings. The number of rotatable bonds is 0. The van der Waals surface area contributed by atoms with Gasteiger partial charge in [-0.3, -0.25) is 0 Å². The summed E-state index contributed by atoms with van der Waals surface area (Å²) < 4.78 is 39.0. The Morgan fingerprint density at radius 1 is 0.833 bits per heavy atom. The number of hydrogen-bond donors (Lipinski definition) is 0. The summed E-state index contributed by atoms with van der Waals surface area (Å²) in [6.07, 6.45) is 0. The maximum Gasteiger partial charge on any atom is 0.673 e. The van der Waals surface area contributed by atoms with E-state index < -0.39 is 7.25 Å². The second kappa shape index (κ2) is 2.82. The van der Waals surface area contributed by atoms with Crippen LogP contribution in [-0.4, -0.2) is 7.25 Å². The molecule has 0 nitrogen and oxygen atoms in total. The third-order valence-corrected chi connectivity index (χ3v) is 0. The van der Waals surface area contributed by atoms with E-state index in [1.165, 1.54) is 0 Å². The minimum absolute atomic E-state index is 0. The molecule has 0 saturated heterocycles. The Kier molecular flexibility index (Phi) is 4.64. The van der Waals surface area contributed by atoms with Gasteiger partial charge in [0.05, 0.1) is 0 Å². The molecule has 0 heterocycles. The maximum absolute atomic E-state index is 9.75. The monoisotopic (exact) mass is 289 g/mol. The first-order chi connectivity index (χ1) is 2.00. The van der Waals surface area contributed by atoms with Gasteiger partial charge in [0.1, 0.15) is 0 Å². The minimum Gasteiger partial charge on any atom is -0.418 e. The van der Waals surface area contributed by atoms with E-state index in [4.69, 9.17) is 0 Å². The first-order valence-corrected chi connectivity index (χ1v) is 0.873. The normalized spacial score (nSPS) is 10.0. The van der Waals surface area contributed by atoms with Crippen molar-refractivity contribution in [1.82, 2.24) is 0 Å². The Labute approximate surface area is 52.5 Å². The Balaban J connectivity index is 0. The molecule has 6 heteroatoms. The van der Waals surface area contributed by atoms with Crippen LogP contribution in [-0.2, 0) is 27.7 Å². The van der Waals surface area contributed by atoms with E-state index >= 15 is 0 Å². The minimum atomic E-state index is -6.00. The Morgan fingerprint density at radius 3 is 0.833 bits per heavy atom. The van der Waals surface area contributed by atoms with Gasteiger partial charge < -0.3 is 17.3 Å². The van der Waals surface area contributed by atoms with Crippen molar-refractivity contribution in [3.05, 3.63) is 0 Å². The van der Waals surface area contributed by atoms with Crippen LogP contribution in [0.25, 0.3) is 0 Å². The summed E-state index contributed by atoms with van der Waals surface area (Å²) in [5, 5.41) is 0. The topological polar surface area (TPSA) is 0 Å². The standard InChI is InChI=1S/BF4.Hg/c2-1(3,4)5;/q-1;. The van der Waals surface area contributed by atoms with Crippen molar-refractivity contribution < 1.29 is 44.9 Å². The van der Waals surface area contributed by atoms with Gasteiger partial charge >= 0.3 is 7.25 Å². The average molecular weight is 287 g/mol. The molecule has 0 aliphatic carbocycles. The molecule has 0 unspecified atom stereocenters. The molecule has 0 aromatic carbocycles. The smallest absolute Gasteiger partial charge is 0.418 e. The van der Waals surface area contributed by atoms with Crippen molar-refractivity contribution in [2.24, 2.45) is 0 Å². The van der Waals surface area contributed by atoms with Crippen molar-refractivity contribution in [2.45, 2.75) is 0 Å². The molecule has 0 rings (SSSR count). The van der Waals surface area contributed by atoms with E-state index in [2.05, 4.69) is 0 Å². The Hall–Kier alpha value is 0.720. The van der Waals surface area contributed by atoms with Crippen LogP contribution in [0.15, 0.2) is 0 Å². The molecule has 0 aliphatic heterocycles. The molecule has 0 spiro atoms. The first-order valence-electron chi connectivity index (χ1n) is 0.873. The summed E-state index contributed by atoms with van der Waals surface area (Å²) in [4.78, 5) is 0. The predicted molar refractivity (Wildman–Crippen MR) is 10.2 cm³/mol. The van der Waals surface area contributed by atoms with Crippen LogP contribution < -0.4 is 0 Å². The Morgan fingerprint density at radius 2 is 0.833 bits per heavy atom. The van der Waals surface area contributed by atoms with Crippen LogP contribution in [0, 0.1) is 0 Å². The van der Waals surface area contributed by atoms with Gasteiger partial charge in [0, 0.05) is 27.7 Å². The van der Waals surface area contributed by atoms with Gasteiger partial charge in [-0.25, -0.2) is 0 Å². The van der Waals surface area contributed by atoms with Gasteiger partial charge in [0.25, 0.3) is 0 Å². The average Bonchev–Trinajstić information content (AvgIpc) is 0.722. The van der Waals surface area contributed by atoms with Crippen molar-refractivity contribution in [1.29, 1.82) is 0 Å². The second-order valence-corrected chi connectivity index (χ2v) is 0.495. The van der Waals surface area contributed by atoms with Gasteiger partial charge in [-0.2, -0.15) is 0 Å². The van der Waals surface area contributed by atoms with Gasteiger partial charge in [-0.05, 0) is 0 Å². The van der Waals surface area contributed by atoms with E-state index in [-0.39, 0.29) is 27.7 Å². The third-order valence-electron chi connectivity index (χ3n) is 0. The first kappa shape index (κ1) is 9.87. The molecular weight excluding hydrogens is 287 g/mol. The summed E-state index contributed by atoms with van der Waals surface area (Å²) in [6, 6.07) is 0. The van der Waals surface area contributed by atoms with Crippen molar-refractivity contribution in [2.75, 3.05) is 0 Å². The van der Waals surface area contributed by atoms with Crippen LogP contribution >= 0.6 is 0 Å². The van der Waals surface area contributed by atoms with Crippen LogP contribution in [0.2, 0.25) is 0 Å². The quantitative estimate of drug-likeness (QED) is 0.465. The number of halogens is 4. The van der Waals surface area contributed by atoms with Crippen molar-refractivity contribution >= 4 is 7.25 Å². The molecular formula is BF4Hg-. The number of hydrogen-bond acceptors (Lipinski definition) is 0. The van der Waals surface area contributed by atoms with Gasteiger partial charge in [-0.1, -0.05) is 0 Å². The SMILES string of the molecule is F[B-](F)(F)F.[Hg]. The molecule has 0 aromatic heterocycles. The fraction of sp³-hybridized carbons (Fsp3) is 0. The zero-order valence-electron chi connectivity index (χ0n) is 2.80. The van der Waals surface area contributed by atoms with Crippen LogP contribution in [0.4, 0.5) is 17.3 Å². The second-order valence-electron chi connectivity index (χ2n) is 0.495. The van der Waals surface area contributed by atoms with E-state index in [9.17, 15) is 17.3 Å². The third kappa shape index (κ3) is 126. The van der Waals surface area contributed by atoms with E-state index in [0.717, 1.165) is 0 Å². The zero-order chi connectivity index (χ0) is 4.50. The van der Waals surface area contributed by atoms with Gasteiger partial charge in [-0.15, -0.1) is 0 Å². The predicted octanol–water partition coefficient (Wildman–Crippen LogP) is 1.30. The maximum atomic E-state index is 9.75. The van der Waals surface area contributed by atoms with Gasteiger partial charge in [0.15, 0.2) is 0 Å². The molecule has 0 N–H and O–H groups in total. The van der Waals surface area contributed by atoms with Gasteiger partial charge in [0.2, 0.25) is 0 Å².